The van der Waals surface area contributed by atoms with Crippen molar-refractivity contribution < 1.29 is 9.59 Å². The van der Waals surface area contributed by atoms with Crippen molar-refractivity contribution in [3.8, 4) is 0 Å². The number of carbonyl (C=O) groups is 2. The highest BCUT2D eigenvalue weighted by Gasteiger charge is 2.43. The van der Waals surface area contributed by atoms with E-state index in [4.69, 9.17) is 0 Å². The fraction of sp³-hybridized carbons (Fsp3) is 0.800. The van der Waals surface area contributed by atoms with Crippen molar-refractivity contribution in [2.45, 2.75) is 51.5 Å². The predicted molar refractivity (Wildman–Crippen MR) is 53.8 cm³/mol. The van der Waals surface area contributed by atoms with Crippen molar-refractivity contribution in [1.82, 2.24) is 10.6 Å². The Morgan fingerprint density at radius 2 is 1.93 bits per heavy atom. The average Bonchev–Trinajstić information content (AvgIpc) is 2.43. The molecule has 1 saturated heterocycles. The van der Waals surface area contributed by atoms with Crippen molar-refractivity contribution in [2.24, 2.45) is 0 Å². The molecule has 0 radical (unpaired) electrons. The molecule has 0 aromatic carbocycles. The maximum Gasteiger partial charge on any atom is 0.322 e. The lowest BCUT2D eigenvalue weighted by molar-refractivity contribution is -0.124. The molecule has 0 aromatic heterocycles. The number of urea groups is 1. The first-order valence-corrected chi connectivity index (χ1v) is 5.28. The van der Waals surface area contributed by atoms with E-state index >= 15 is 0 Å². The molecule has 1 atom stereocenters. The van der Waals surface area contributed by atoms with Gasteiger partial charge in [-0.3, -0.25) is 10.1 Å². The zero-order valence-electron chi connectivity index (χ0n) is 8.85. The van der Waals surface area contributed by atoms with Crippen LogP contribution in [-0.2, 0) is 4.79 Å². The normalized spacial score (nSPS) is 26.1. The lowest BCUT2D eigenvalue weighted by Crippen LogP contribution is -2.46. The summed E-state index contributed by atoms with van der Waals surface area (Å²) in [7, 11) is 0. The van der Waals surface area contributed by atoms with E-state index in [2.05, 4.69) is 17.6 Å². The van der Waals surface area contributed by atoms with Gasteiger partial charge in [0.2, 0.25) is 0 Å². The van der Waals surface area contributed by atoms with Crippen LogP contribution in [0.4, 0.5) is 4.79 Å². The molecular formula is C10H18N2O2. The largest absolute Gasteiger partial charge is 0.323 e. The summed E-state index contributed by atoms with van der Waals surface area (Å²) in [5.74, 6) is -0.166. The van der Waals surface area contributed by atoms with E-state index in [0.717, 1.165) is 25.7 Å². The van der Waals surface area contributed by atoms with Crippen LogP contribution in [0.25, 0.3) is 0 Å². The van der Waals surface area contributed by atoms with Crippen LogP contribution in [-0.4, -0.2) is 17.5 Å². The second kappa shape index (κ2) is 4.44. The summed E-state index contributed by atoms with van der Waals surface area (Å²) in [6.45, 7) is 4.04. The number of nitrogens with one attached hydrogen (secondary N) is 2. The summed E-state index contributed by atoms with van der Waals surface area (Å²) in [6.07, 6.45) is 4.61. The van der Waals surface area contributed by atoms with E-state index in [0.29, 0.717) is 6.42 Å². The van der Waals surface area contributed by atoms with Crippen molar-refractivity contribution in [3.63, 3.8) is 0 Å². The number of amides is 3. The highest BCUT2D eigenvalue weighted by atomic mass is 16.2. The van der Waals surface area contributed by atoms with Gasteiger partial charge in [-0.15, -0.1) is 0 Å². The van der Waals surface area contributed by atoms with E-state index in [1.54, 1.807) is 0 Å². The van der Waals surface area contributed by atoms with Crippen LogP contribution in [0.5, 0.6) is 0 Å². The predicted octanol–water partition coefficient (Wildman–Crippen LogP) is 1.55. The van der Waals surface area contributed by atoms with Gasteiger partial charge in [-0.05, 0) is 12.8 Å². The Balaban J connectivity index is 2.57. The maximum atomic E-state index is 11.5. The van der Waals surface area contributed by atoms with Gasteiger partial charge in [0.05, 0.1) is 0 Å². The third-order valence-electron chi connectivity index (χ3n) is 2.83. The molecule has 1 fully saturated rings. The Morgan fingerprint density at radius 1 is 1.21 bits per heavy atom. The summed E-state index contributed by atoms with van der Waals surface area (Å²) in [4.78, 5) is 22.6. The standard InChI is InChI=1S/C10H18N2O2/c1-3-5-6-7-10(4-2)8(13)11-9(14)12-10/h3-7H2,1-2H3,(H2,11,12,13,14). The minimum absolute atomic E-state index is 0.166. The van der Waals surface area contributed by atoms with E-state index in [1.807, 2.05) is 6.92 Å². The van der Waals surface area contributed by atoms with Gasteiger partial charge in [0, 0.05) is 0 Å². The van der Waals surface area contributed by atoms with Gasteiger partial charge in [-0.1, -0.05) is 33.1 Å². The van der Waals surface area contributed by atoms with Gasteiger partial charge >= 0.3 is 6.03 Å². The quantitative estimate of drug-likeness (QED) is 0.520. The summed E-state index contributed by atoms with van der Waals surface area (Å²) < 4.78 is 0. The first-order chi connectivity index (χ1) is 6.64. The molecule has 0 aliphatic carbocycles. The molecule has 1 heterocycles. The maximum absolute atomic E-state index is 11.5. The molecule has 1 aliphatic rings. The first kappa shape index (κ1) is 11.0. The first-order valence-electron chi connectivity index (χ1n) is 5.28. The Kier molecular flexibility index (Phi) is 3.49. The molecule has 0 spiro atoms. The van der Waals surface area contributed by atoms with Crippen LogP contribution < -0.4 is 10.6 Å². The van der Waals surface area contributed by atoms with Gasteiger partial charge in [-0.2, -0.15) is 0 Å². The Labute approximate surface area is 84.4 Å². The minimum Gasteiger partial charge on any atom is -0.323 e. The van der Waals surface area contributed by atoms with Crippen molar-refractivity contribution in [1.29, 1.82) is 0 Å². The van der Waals surface area contributed by atoms with E-state index in [-0.39, 0.29) is 11.9 Å². The molecule has 0 saturated carbocycles. The molecule has 4 nitrogen and oxygen atoms in total. The number of imide groups is 1. The zero-order valence-corrected chi connectivity index (χ0v) is 8.85. The Morgan fingerprint density at radius 3 is 2.36 bits per heavy atom. The van der Waals surface area contributed by atoms with Gasteiger partial charge in [0.1, 0.15) is 5.54 Å². The second-order valence-electron chi connectivity index (χ2n) is 3.80. The fourth-order valence-corrected chi connectivity index (χ4v) is 1.81. The number of unbranched alkanes of at least 4 members (excludes halogenated alkanes) is 2. The molecule has 3 amide bonds. The summed E-state index contributed by atoms with van der Waals surface area (Å²) in [5.41, 5.74) is -0.633. The van der Waals surface area contributed by atoms with Crippen LogP contribution in [0.1, 0.15) is 46.0 Å². The van der Waals surface area contributed by atoms with Crippen molar-refractivity contribution >= 4 is 11.9 Å². The van der Waals surface area contributed by atoms with Crippen molar-refractivity contribution in [2.75, 3.05) is 0 Å². The van der Waals surface area contributed by atoms with Crippen molar-refractivity contribution in [3.05, 3.63) is 0 Å². The molecule has 1 rings (SSSR count). The molecule has 80 valence electrons. The zero-order chi connectivity index (χ0) is 10.6. The number of hydrogen-bond acceptors (Lipinski definition) is 2. The topological polar surface area (TPSA) is 58.2 Å². The molecule has 1 unspecified atom stereocenters. The molecular weight excluding hydrogens is 180 g/mol. The smallest absolute Gasteiger partial charge is 0.322 e. The number of hydrogen-bond donors (Lipinski definition) is 2. The van der Waals surface area contributed by atoms with Gasteiger partial charge < -0.3 is 5.32 Å². The van der Waals surface area contributed by atoms with Crippen LogP contribution in [0, 0.1) is 0 Å². The second-order valence-corrected chi connectivity index (χ2v) is 3.80. The van der Waals surface area contributed by atoms with E-state index in [1.165, 1.54) is 0 Å². The molecule has 2 N–H and O–H groups in total. The van der Waals surface area contributed by atoms with E-state index < -0.39 is 5.54 Å². The summed E-state index contributed by atoms with van der Waals surface area (Å²) in [5, 5.41) is 5.02. The summed E-state index contributed by atoms with van der Waals surface area (Å²) >= 11 is 0. The van der Waals surface area contributed by atoms with Crippen LogP contribution in [0.15, 0.2) is 0 Å². The van der Waals surface area contributed by atoms with Gasteiger partial charge in [0.25, 0.3) is 5.91 Å². The molecule has 4 heteroatoms. The lowest BCUT2D eigenvalue weighted by atomic mass is 9.90. The van der Waals surface area contributed by atoms with E-state index in [9.17, 15) is 9.59 Å². The molecule has 0 aromatic rings. The van der Waals surface area contributed by atoms with Crippen LogP contribution >= 0.6 is 0 Å². The van der Waals surface area contributed by atoms with Gasteiger partial charge in [-0.25, -0.2) is 4.79 Å². The average molecular weight is 198 g/mol. The highest BCUT2D eigenvalue weighted by Crippen LogP contribution is 2.22. The lowest BCUT2D eigenvalue weighted by Gasteiger charge is -2.23. The molecule has 0 bridgehead atoms. The number of rotatable bonds is 5. The third-order valence-corrected chi connectivity index (χ3v) is 2.83. The van der Waals surface area contributed by atoms with Crippen LogP contribution in [0.3, 0.4) is 0 Å². The monoisotopic (exact) mass is 198 g/mol. The number of carbonyl (C=O) groups excluding carboxylic acids is 2. The van der Waals surface area contributed by atoms with Crippen LogP contribution in [0.2, 0.25) is 0 Å². The SMILES string of the molecule is CCCCCC1(CC)NC(=O)NC1=O. The van der Waals surface area contributed by atoms with Gasteiger partial charge in [0.15, 0.2) is 0 Å². The molecule has 14 heavy (non-hydrogen) atoms. The fourth-order valence-electron chi connectivity index (χ4n) is 1.81. The minimum atomic E-state index is -0.633. The summed E-state index contributed by atoms with van der Waals surface area (Å²) in [6, 6.07) is -0.353. The third kappa shape index (κ3) is 2.05. The highest BCUT2D eigenvalue weighted by molar-refractivity contribution is 6.06. The molecule has 1 aliphatic heterocycles. The Bertz CT molecular complexity index is 240. The Hall–Kier alpha value is -1.06.